The minimum absolute atomic E-state index is 0.133. The Morgan fingerprint density at radius 1 is 1.11 bits per heavy atom. The first-order chi connectivity index (χ1) is 13.4. The van der Waals surface area contributed by atoms with Crippen molar-refractivity contribution in [2.75, 3.05) is 29.8 Å². The molecule has 0 spiro atoms. The van der Waals surface area contributed by atoms with Crippen LogP contribution in [0.4, 0.5) is 5.69 Å². The van der Waals surface area contributed by atoms with E-state index in [9.17, 15) is 13.2 Å². The molecule has 9 heteroatoms. The Labute approximate surface area is 169 Å². The van der Waals surface area contributed by atoms with E-state index in [1.807, 2.05) is 0 Å². The summed E-state index contributed by atoms with van der Waals surface area (Å²) in [6.07, 6.45) is 0. The molecule has 2 aromatic rings. The van der Waals surface area contributed by atoms with Gasteiger partial charge in [-0.3, -0.25) is 9.10 Å². The first kappa shape index (κ1) is 20.3. The average molecular weight is 425 g/mol. The summed E-state index contributed by atoms with van der Waals surface area (Å²) < 4.78 is 37.2. The van der Waals surface area contributed by atoms with Crippen molar-refractivity contribution in [2.24, 2.45) is 0 Å². The van der Waals surface area contributed by atoms with Gasteiger partial charge in [0.1, 0.15) is 19.8 Å². The lowest BCUT2D eigenvalue weighted by Crippen LogP contribution is -2.41. The Kier molecular flexibility index (Phi) is 6.31. The number of amides is 1. The van der Waals surface area contributed by atoms with Crippen molar-refractivity contribution in [3.8, 4) is 11.5 Å². The summed E-state index contributed by atoms with van der Waals surface area (Å²) in [6.45, 7) is 2.31. The maximum atomic E-state index is 12.6. The molecule has 0 aliphatic carbocycles. The van der Waals surface area contributed by atoms with E-state index in [-0.39, 0.29) is 18.8 Å². The molecule has 28 heavy (non-hydrogen) atoms. The average Bonchev–Trinajstić information content (AvgIpc) is 2.71. The molecule has 0 unspecified atom stereocenters. The van der Waals surface area contributed by atoms with Crippen molar-refractivity contribution in [1.82, 2.24) is 5.32 Å². The van der Waals surface area contributed by atoms with Crippen LogP contribution in [0, 0.1) is 0 Å². The van der Waals surface area contributed by atoms with Crippen LogP contribution in [0.25, 0.3) is 0 Å². The first-order valence-corrected chi connectivity index (χ1v) is 10.8. The van der Waals surface area contributed by atoms with Crippen molar-refractivity contribution in [2.45, 2.75) is 13.5 Å². The van der Waals surface area contributed by atoms with E-state index >= 15 is 0 Å². The smallest absolute Gasteiger partial charge is 0.241 e. The Balaban J connectivity index is 1.75. The van der Waals surface area contributed by atoms with Gasteiger partial charge in [0.05, 0.1) is 11.4 Å². The SMILES string of the molecule is CCS(=O)(=O)N(CC(=O)NCc1ccc(Cl)cc1)c1ccc2c(c1)OCCO2. The summed E-state index contributed by atoms with van der Waals surface area (Å²) in [5.41, 5.74) is 1.22. The zero-order valence-electron chi connectivity index (χ0n) is 15.4. The summed E-state index contributed by atoms with van der Waals surface area (Å²) in [5, 5.41) is 3.34. The van der Waals surface area contributed by atoms with Gasteiger partial charge in [0, 0.05) is 17.6 Å². The quantitative estimate of drug-likeness (QED) is 0.738. The highest BCUT2D eigenvalue weighted by molar-refractivity contribution is 7.92. The van der Waals surface area contributed by atoms with Gasteiger partial charge < -0.3 is 14.8 Å². The van der Waals surface area contributed by atoms with Crippen LogP contribution in [0.3, 0.4) is 0 Å². The van der Waals surface area contributed by atoms with E-state index in [0.717, 1.165) is 9.87 Å². The number of benzene rings is 2. The molecule has 0 bridgehead atoms. The zero-order chi connectivity index (χ0) is 20.1. The number of anilines is 1. The fraction of sp³-hybridized carbons (Fsp3) is 0.316. The first-order valence-electron chi connectivity index (χ1n) is 8.80. The molecule has 1 amide bonds. The van der Waals surface area contributed by atoms with Gasteiger partial charge in [0.15, 0.2) is 11.5 Å². The molecule has 0 aromatic heterocycles. The van der Waals surface area contributed by atoms with Crippen molar-refractivity contribution in [3.05, 3.63) is 53.1 Å². The molecule has 0 saturated heterocycles. The number of halogens is 1. The fourth-order valence-corrected chi connectivity index (χ4v) is 3.87. The summed E-state index contributed by atoms with van der Waals surface area (Å²) in [7, 11) is -3.66. The number of fused-ring (bicyclic) bond motifs is 1. The van der Waals surface area contributed by atoms with Gasteiger partial charge in [-0.05, 0) is 36.8 Å². The number of rotatable bonds is 7. The van der Waals surface area contributed by atoms with Gasteiger partial charge in [0.25, 0.3) is 0 Å². The number of nitrogens with zero attached hydrogens (tertiary/aromatic N) is 1. The van der Waals surface area contributed by atoms with Crippen LogP contribution < -0.4 is 19.1 Å². The third kappa shape index (κ3) is 4.88. The molecule has 1 N–H and O–H groups in total. The van der Waals surface area contributed by atoms with Gasteiger partial charge in [-0.1, -0.05) is 23.7 Å². The molecule has 0 saturated carbocycles. The number of hydrogen-bond donors (Lipinski definition) is 1. The van der Waals surface area contributed by atoms with Crippen LogP contribution in [0.2, 0.25) is 5.02 Å². The van der Waals surface area contributed by atoms with Crippen molar-refractivity contribution < 1.29 is 22.7 Å². The Hall–Kier alpha value is -2.45. The highest BCUT2D eigenvalue weighted by atomic mass is 35.5. The van der Waals surface area contributed by atoms with Gasteiger partial charge in [-0.15, -0.1) is 0 Å². The van der Waals surface area contributed by atoms with Gasteiger partial charge in [-0.25, -0.2) is 8.42 Å². The Morgan fingerprint density at radius 3 is 2.46 bits per heavy atom. The second-order valence-electron chi connectivity index (χ2n) is 6.14. The second kappa shape index (κ2) is 8.70. The molecule has 7 nitrogen and oxygen atoms in total. The highest BCUT2D eigenvalue weighted by Gasteiger charge is 2.25. The summed E-state index contributed by atoms with van der Waals surface area (Å²) in [4.78, 5) is 12.4. The highest BCUT2D eigenvalue weighted by Crippen LogP contribution is 2.34. The number of sulfonamides is 1. The molecule has 1 aliphatic heterocycles. The third-order valence-corrected chi connectivity index (χ3v) is 6.20. The molecule has 0 atom stereocenters. The van der Waals surface area contributed by atoms with Crippen molar-refractivity contribution in [3.63, 3.8) is 0 Å². The number of ether oxygens (including phenoxy) is 2. The molecule has 150 valence electrons. The largest absolute Gasteiger partial charge is 0.486 e. The monoisotopic (exact) mass is 424 g/mol. The van der Waals surface area contributed by atoms with Crippen molar-refractivity contribution in [1.29, 1.82) is 0 Å². The summed E-state index contributed by atoms with van der Waals surface area (Å²) in [6, 6.07) is 11.9. The van der Waals surface area contributed by atoms with E-state index in [1.54, 1.807) is 42.5 Å². The van der Waals surface area contributed by atoms with Gasteiger partial charge in [0.2, 0.25) is 15.9 Å². The van der Waals surface area contributed by atoms with E-state index in [4.69, 9.17) is 21.1 Å². The second-order valence-corrected chi connectivity index (χ2v) is 8.76. The topological polar surface area (TPSA) is 84.9 Å². The van der Waals surface area contributed by atoms with Crippen LogP contribution in [0.5, 0.6) is 11.5 Å². The van der Waals surface area contributed by atoms with E-state index in [1.165, 1.54) is 6.92 Å². The van der Waals surface area contributed by atoms with Gasteiger partial charge in [-0.2, -0.15) is 0 Å². The van der Waals surface area contributed by atoms with Crippen LogP contribution in [-0.4, -0.2) is 39.8 Å². The number of carbonyl (C=O) groups excluding carboxylic acids is 1. The molecule has 0 fully saturated rings. The molecule has 0 radical (unpaired) electrons. The number of nitrogens with one attached hydrogen (secondary N) is 1. The molecular weight excluding hydrogens is 404 g/mol. The molecule has 1 heterocycles. The van der Waals surface area contributed by atoms with Crippen LogP contribution in [0.1, 0.15) is 12.5 Å². The molecule has 2 aromatic carbocycles. The number of hydrogen-bond acceptors (Lipinski definition) is 5. The van der Waals surface area contributed by atoms with E-state index in [2.05, 4.69) is 5.32 Å². The van der Waals surface area contributed by atoms with Crippen LogP contribution >= 0.6 is 11.6 Å². The lowest BCUT2D eigenvalue weighted by atomic mass is 10.2. The fourth-order valence-electron chi connectivity index (χ4n) is 2.68. The van der Waals surface area contributed by atoms with Crippen molar-refractivity contribution >= 4 is 33.2 Å². The minimum atomic E-state index is -3.66. The third-order valence-electron chi connectivity index (χ3n) is 4.20. The Bertz CT molecular complexity index is 947. The maximum absolute atomic E-state index is 12.6. The standard InChI is InChI=1S/C19H21ClN2O5S/c1-2-28(24,25)22(16-7-8-17-18(11-16)27-10-9-26-17)13-19(23)21-12-14-3-5-15(20)6-4-14/h3-8,11H,2,9-10,12-13H2,1H3,(H,21,23). The molecule has 3 rings (SSSR count). The van der Waals surface area contributed by atoms with E-state index < -0.39 is 15.9 Å². The lowest BCUT2D eigenvalue weighted by molar-refractivity contribution is -0.119. The maximum Gasteiger partial charge on any atom is 0.241 e. The molecule has 1 aliphatic rings. The number of carbonyl (C=O) groups is 1. The van der Waals surface area contributed by atoms with Crippen LogP contribution in [0.15, 0.2) is 42.5 Å². The minimum Gasteiger partial charge on any atom is -0.486 e. The zero-order valence-corrected chi connectivity index (χ0v) is 16.9. The Morgan fingerprint density at radius 2 is 1.79 bits per heavy atom. The predicted octanol–water partition coefficient (Wildman–Crippen LogP) is 2.58. The van der Waals surface area contributed by atoms with Gasteiger partial charge >= 0.3 is 0 Å². The van der Waals surface area contributed by atoms with E-state index in [0.29, 0.717) is 35.4 Å². The lowest BCUT2D eigenvalue weighted by Gasteiger charge is -2.25. The molecular formula is C19H21ClN2O5S. The normalized spacial score (nSPS) is 13.1. The summed E-state index contributed by atoms with van der Waals surface area (Å²) in [5.74, 6) is 0.464. The van der Waals surface area contributed by atoms with Crippen LogP contribution in [-0.2, 0) is 21.4 Å². The summed E-state index contributed by atoms with van der Waals surface area (Å²) >= 11 is 5.85. The predicted molar refractivity (Wildman–Crippen MR) is 108 cm³/mol.